The van der Waals surface area contributed by atoms with Crippen molar-refractivity contribution in [2.45, 2.75) is 189 Å². The van der Waals surface area contributed by atoms with E-state index in [-0.39, 0.29) is 29.2 Å². The Bertz CT molecular complexity index is 989. The fraction of sp³-hybridized carbons (Fsp3) is 0.791. The lowest BCUT2D eigenvalue weighted by Crippen LogP contribution is -2.19. The minimum atomic E-state index is -0.603. The Morgan fingerprint density at radius 3 is 1.33 bits per heavy atom. The molecule has 0 fully saturated rings. The third-order valence-corrected chi connectivity index (χ3v) is 9.91. The molecular formula is C43H74O6. The highest BCUT2D eigenvalue weighted by molar-refractivity contribution is 6.05. The lowest BCUT2D eigenvalue weighted by molar-refractivity contribution is 0.0402. The highest BCUT2D eigenvalue weighted by Crippen LogP contribution is 2.21. The molecule has 6 nitrogen and oxygen atoms in total. The van der Waals surface area contributed by atoms with Crippen LogP contribution in [0.3, 0.4) is 0 Å². The highest BCUT2D eigenvalue weighted by atomic mass is 16.5. The number of hydrogen-bond acceptors (Lipinski definition) is 6. The summed E-state index contributed by atoms with van der Waals surface area (Å²) in [7, 11) is 0. The minimum Gasteiger partial charge on any atom is -0.462 e. The zero-order chi connectivity index (χ0) is 36.0. The highest BCUT2D eigenvalue weighted by Gasteiger charge is 2.23. The van der Waals surface area contributed by atoms with Gasteiger partial charge in [-0.15, -0.1) is 0 Å². The van der Waals surface area contributed by atoms with Gasteiger partial charge in [-0.25, -0.2) is 14.4 Å². The minimum absolute atomic E-state index is 0.0646. The van der Waals surface area contributed by atoms with E-state index in [1.165, 1.54) is 95.6 Å². The van der Waals surface area contributed by atoms with Crippen molar-refractivity contribution in [3.63, 3.8) is 0 Å². The SMILES string of the molecule is CCCCCCCCCCCCCCCCCCOC(=O)c1ccc(C(=O)OCC(CC)CCCC)cc1C(=O)OCC(CC)CCCC. The molecule has 0 saturated carbocycles. The molecule has 2 unspecified atom stereocenters. The normalized spacial score (nSPS) is 12.4. The van der Waals surface area contributed by atoms with E-state index in [4.69, 9.17) is 14.2 Å². The van der Waals surface area contributed by atoms with Crippen LogP contribution in [0.5, 0.6) is 0 Å². The summed E-state index contributed by atoms with van der Waals surface area (Å²) in [5.41, 5.74) is 0.438. The van der Waals surface area contributed by atoms with Gasteiger partial charge in [-0.1, -0.05) is 169 Å². The first-order valence-corrected chi connectivity index (χ1v) is 20.6. The molecule has 0 aromatic heterocycles. The molecule has 0 aliphatic rings. The first-order chi connectivity index (χ1) is 23.9. The van der Waals surface area contributed by atoms with E-state index in [9.17, 15) is 14.4 Å². The van der Waals surface area contributed by atoms with Crippen LogP contribution in [0.2, 0.25) is 0 Å². The lowest BCUT2D eigenvalue weighted by Gasteiger charge is -2.17. The molecule has 49 heavy (non-hydrogen) atoms. The number of rotatable bonds is 32. The van der Waals surface area contributed by atoms with Gasteiger partial charge in [0.1, 0.15) is 0 Å². The second-order valence-electron chi connectivity index (χ2n) is 14.2. The average molecular weight is 687 g/mol. The van der Waals surface area contributed by atoms with Crippen molar-refractivity contribution in [2.24, 2.45) is 11.8 Å². The van der Waals surface area contributed by atoms with Gasteiger partial charge in [0.2, 0.25) is 0 Å². The summed E-state index contributed by atoms with van der Waals surface area (Å²) in [5, 5.41) is 0. The lowest BCUT2D eigenvalue weighted by atomic mass is 10.00. The molecule has 0 heterocycles. The van der Waals surface area contributed by atoms with Crippen LogP contribution in [0.4, 0.5) is 0 Å². The maximum Gasteiger partial charge on any atom is 0.339 e. The summed E-state index contributed by atoms with van der Waals surface area (Å²) in [4.78, 5) is 39.5. The van der Waals surface area contributed by atoms with Crippen LogP contribution in [0.25, 0.3) is 0 Å². The van der Waals surface area contributed by atoms with Crippen LogP contribution in [0.1, 0.15) is 220 Å². The summed E-state index contributed by atoms with van der Waals surface area (Å²) < 4.78 is 16.9. The van der Waals surface area contributed by atoms with Gasteiger partial charge in [0.25, 0.3) is 0 Å². The zero-order valence-electron chi connectivity index (χ0n) is 32.4. The maximum atomic E-state index is 13.3. The Kier molecular flexibility index (Phi) is 27.8. The van der Waals surface area contributed by atoms with E-state index in [1.54, 1.807) is 6.07 Å². The Balaban J connectivity index is 2.57. The van der Waals surface area contributed by atoms with Crippen molar-refractivity contribution < 1.29 is 28.6 Å². The van der Waals surface area contributed by atoms with Gasteiger partial charge in [-0.05, 0) is 49.3 Å². The van der Waals surface area contributed by atoms with E-state index < -0.39 is 17.9 Å². The van der Waals surface area contributed by atoms with Gasteiger partial charge in [-0.2, -0.15) is 0 Å². The molecule has 0 aliphatic carbocycles. The molecule has 0 spiro atoms. The zero-order valence-corrected chi connectivity index (χ0v) is 32.4. The molecule has 1 aromatic rings. The second-order valence-corrected chi connectivity index (χ2v) is 14.2. The summed E-state index contributed by atoms with van der Waals surface area (Å²) >= 11 is 0. The van der Waals surface area contributed by atoms with E-state index in [1.807, 2.05) is 0 Å². The Morgan fingerprint density at radius 1 is 0.469 bits per heavy atom. The Hall–Kier alpha value is -2.37. The molecule has 0 saturated heterocycles. The van der Waals surface area contributed by atoms with Crippen molar-refractivity contribution in [1.82, 2.24) is 0 Å². The first-order valence-electron chi connectivity index (χ1n) is 20.6. The predicted octanol–water partition coefficient (Wildman–Crippen LogP) is 12.9. The molecule has 0 aliphatic heterocycles. The van der Waals surface area contributed by atoms with Gasteiger partial charge in [0, 0.05) is 0 Å². The number of carbonyl (C=O) groups excluding carboxylic acids is 3. The van der Waals surface area contributed by atoms with Crippen LogP contribution in [-0.2, 0) is 14.2 Å². The van der Waals surface area contributed by atoms with Gasteiger partial charge in [-0.3, -0.25) is 0 Å². The Labute approximate surface area is 301 Å². The third-order valence-electron chi connectivity index (χ3n) is 9.91. The van der Waals surface area contributed by atoms with E-state index in [0.717, 1.165) is 70.6 Å². The summed E-state index contributed by atoms with van der Waals surface area (Å²) in [6.45, 7) is 11.7. The summed E-state index contributed by atoms with van der Waals surface area (Å²) in [6, 6.07) is 4.50. The van der Waals surface area contributed by atoms with E-state index in [0.29, 0.717) is 19.1 Å². The van der Waals surface area contributed by atoms with Crippen LogP contribution < -0.4 is 0 Å². The van der Waals surface area contributed by atoms with Crippen molar-refractivity contribution in [3.8, 4) is 0 Å². The second kappa shape index (κ2) is 30.5. The number of benzene rings is 1. The molecule has 1 aromatic carbocycles. The quantitative estimate of drug-likeness (QED) is 0.0426. The van der Waals surface area contributed by atoms with Crippen molar-refractivity contribution >= 4 is 17.9 Å². The average Bonchev–Trinajstić information content (AvgIpc) is 3.12. The monoisotopic (exact) mass is 687 g/mol. The van der Waals surface area contributed by atoms with Gasteiger partial charge < -0.3 is 14.2 Å². The largest absolute Gasteiger partial charge is 0.462 e. The Morgan fingerprint density at radius 2 is 0.878 bits per heavy atom. The maximum absolute atomic E-state index is 13.3. The smallest absolute Gasteiger partial charge is 0.339 e. The fourth-order valence-electron chi connectivity index (χ4n) is 6.26. The van der Waals surface area contributed by atoms with Crippen molar-refractivity contribution in [2.75, 3.05) is 19.8 Å². The van der Waals surface area contributed by atoms with Gasteiger partial charge in [0.15, 0.2) is 0 Å². The number of carbonyl (C=O) groups is 3. The molecule has 2 atom stereocenters. The summed E-state index contributed by atoms with van der Waals surface area (Å²) in [5.74, 6) is -1.09. The molecule has 0 bridgehead atoms. The first kappa shape index (κ1) is 44.7. The standard InChI is InChI=1S/C43H74O6/c1-6-11-14-15-16-17-18-19-20-21-22-23-24-25-26-27-32-47-42(45)39-31-30-38(41(44)48-34-36(9-4)28-12-7-2)33-40(39)43(46)49-35-37(10-5)29-13-8-3/h30-31,33,36-37H,6-29,32,34-35H2,1-5H3. The molecule has 0 amide bonds. The van der Waals surface area contributed by atoms with Crippen molar-refractivity contribution in [1.29, 1.82) is 0 Å². The van der Waals surface area contributed by atoms with Crippen LogP contribution in [-0.4, -0.2) is 37.7 Å². The molecule has 1 rings (SSSR count). The van der Waals surface area contributed by atoms with Gasteiger partial charge >= 0.3 is 17.9 Å². The third kappa shape index (κ3) is 21.5. The molecular weight excluding hydrogens is 612 g/mol. The number of esters is 3. The fourth-order valence-corrected chi connectivity index (χ4v) is 6.26. The molecule has 6 heteroatoms. The summed E-state index contributed by atoms with van der Waals surface area (Å²) in [6.07, 6.45) is 28.7. The van der Waals surface area contributed by atoms with E-state index >= 15 is 0 Å². The van der Waals surface area contributed by atoms with Crippen LogP contribution in [0, 0.1) is 11.8 Å². The number of hydrogen-bond donors (Lipinski definition) is 0. The molecule has 0 radical (unpaired) electrons. The predicted molar refractivity (Wildman–Crippen MR) is 203 cm³/mol. The number of ether oxygens (including phenoxy) is 3. The van der Waals surface area contributed by atoms with Crippen LogP contribution >= 0.6 is 0 Å². The van der Waals surface area contributed by atoms with Crippen molar-refractivity contribution in [3.05, 3.63) is 34.9 Å². The van der Waals surface area contributed by atoms with Crippen LogP contribution in [0.15, 0.2) is 18.2 Å². The topological polar surface area (TPSA) is 78.9 Å². The molecule has 282 valence electrons. The molecule has 0 N–H and O–H groups in total. The number of unbranched alkanes of at least 4 members (excludes halogenated alkanes) is 17. The van der Waals surface area contributed by atoms with E-state index in [2.05, 4.69) is 34.6 Å². The van der Waals surface area contributed by atoms with Gasteiger partial charge in [0.05, 0.1) is 36.5 Å².